The van der Waals surface area contributed by atoms with Crippen LogP contribution in [0.3, 0.4) is 0 Å². The number of ether oxygens (including phenoxy) is 1. The van der Waals surface area contributed by atoms with Crippen LogP contribution in [0.1, 0.15) is 31.4 Å². The van der Waals surface area contributed by atoms with Crippen LogP contribution in [0.15, 0.2) is 24.3 Å². The van der Waals surface area contributed by atoms with Gasteiger partial charge in [0.1, 0.15) is 5.69 Å². The molecule has 0 aliphatic carbocycles. The number of methoxy groups -OCH3 is 1. The lowest BCUT2D eigenvalue weighted by atomic mass is 9.71. The first-order valence-electron chi connectivity index (χ1n) is 10.1. The highest BCUT2D eigenvalue weighted by Crippen LogP contribution is 2.37. The molecule has 1 spiro atoms. The number of carbonyl (C=O) groups excluding carboxylic acids is 2. The van der Waals surface area contributed by atoms with Gasteiger partial charge in [0.2, 0.25) is 17.7 Å². The zero-order chi connectivity index (χ0) is 20.4. The van der Waals surface area contributed by atoms with E-state index in [2.05, 4.69) is 15.3 Å². The van der Waals surface area contributed by atoms with Crippen molar-refractivity contribution in [2.75, 3.05) is 26.7 Å². The number of para-hydroxylation sites is 2. The number of amides is 2. The van der Waals surface area contributed by atoms with Crippen LogP contribution in [0.4, 0.5) is 0 Å². The largest absolute Gasteiger partial charge is 0.480 e. The predicted molar refractivity (Wildman–Crippen MR) is 106 cm³/mol. The summed E-state index contributed by atoms with van der Waals surface area (Å²) in [4.78, 5) is 36.2. The Kier molecular flexibility index (Phi) is 5.36. The van der Waals surface area contributed by atoms with Gasteiger partial charge >= 0.3 is 0 Å². The van der Waals surface area contributed by atoms with E-state index >= 15 is 0 Å². The number of rotatable bonds is 4. The minimum absolute atomic E-state index is 0.0494. The average molecular weight is 398 g/mol. The van der Waals surface area contributed by atoms with E-state index in [9.17, 15) is 14.7 Å². The van der Waals surface area contributed by atoms with Gasteiger partial charge in [0.25, 0.3) is 0 Å². The number of aliphatic hydroxyl groups excluding tert-OH is 1. The van der Waals surface area contributed by atoms with Gasteiger partial charge in [-0.1, -0.05) is 12.1 Å². The summed E-state index contributed by atoms with van der Waals surface area (Å²) in [7, 11) is 1.54. The third kappa shape index (κ3) is 3.64. The molecule has 3 heterocycles. The average Bonchev–Trinajstić information content (AvgIpc) is 2.75. The molecular formula is C21H26N4O4. The van der Waals surface area contributed by atoms with E-state index in [4.69, 9.17) is 4.74 Å². The highest BCUT2D eigenvalue weighted by atomic mass is 16.5. The number of hydrogen-bond donors (Lipinski definition) is 2. The van der Waals surface area contributed by atoms with Crippen LogP contribution in [-0.4, -0.2) is 64.6 Å². The molecule has 2 atom stereocenters. The van der Waals surface area contributed by atoms with Crippen molar-refractivity contribution < 1.29 is 19.4 Å². The number of aromatic nitrogens is 2. The van der Waals surface area contributed by atoms with Crippen LogP contribution < -0.4 is 10.1 Å². The maximum atomic E-state index is 12.9. The number of aliphatic hydroxyl groups is 1. The molecule has 2 aromatic rings. The number of benzene rings is 1. The van der Waals surface area contributed by atoms with E-state index in [0.29, 0.717) is 43.9 Å². The molecule has 2 fully saturated rings. The van der Waals surface area contributed by atoms with Gasteiger partial charge in [-0.25, -0.2) is 9.97 Å². The lowest BCUT2D eigenvalue weighted by molar-refractivity contribution is -0.154. The molecule has 0 radical (unpaired) electrons. The highest BCUT2D eigenvalue weighted by Gasteiger charge is 2.50. The molecule has 1 aromatic carbocycles. The van der Waals surface area contributed by atoms with E-state index in [-0.39, 0.29) is 24.8 Å². The fraction of sp³-hybridized carbons (Fsp3) is 0.524. The minimum atomic E-state index is -0.882. The first-order chi connectivity index (χ1) is 14.0. The van der Waals surface area contributed by atoms with Gasteiger partial charge in [-0.15, -0.1) is 0 Å². The van der Waals surface area contributed by atoms with E-state index < -0.39 is 11.5 Å². The van der Waals surface area contributed by atoms with Crippen molar-refractivity contribution in [1.29, 1.82) is 0 Å². The van der Waals surface area contributed by atoms with E-state index in [1.165, 1.54) is 0 Å². The van der Waals surface area contributed by atoms with Crippen LogP contribution in [-0.2, 0) is 16.0 Å². The fourth-order valence-corrected chi connectivity index (χ4v) is 4.39. The van der Waals surface area contributed by atoms with Crippen molar-refractivity contribution in [3.63, 3.8) is 0 Å². The smallest absolute Gasteiger partial charge is 0.235 e. The molecular weight excluding hydrogens is 372 g/mol. The summed E-state index contributed by atoms with van der Waals surface area (Å²) in [5.41, 5.74) is 1.26. The molecule has 1 aromatic heterocycles. The number of nitrogens with one attached hydrogen (secondary N) is 1. The summed E-state index contributed by atoms with van der Waals surface area (Å²) < 4.78 is 5.36. The molecule has 2 aliphatic heterocycles. The maximum Gasteiger partial charge on any atom is 0.235 e. The van der Waals surface area contributed by atoms with E-state index in [1.807, 2.05) is 24.3 Å². The predicted octanol–water partition coefficient (Wildman–Crippen LogP) is 1.06. The summed E-state index contributed by atoms with van der Waals surface area (Å²) in [5.74, 6) is 0.233. The Hall–Kier alpha value is -2.74. The quantitative estimate of drug-likeness (QED) is 0.798. The van der Waals surface area contributed by atoms with Crippen LogP contribution in [0, 0.1) is 5.41 Å². The molecule has 2 N–H and O–H groups in total. The molecule has 0 saturated carbocycles. The topological polar surface area (TPSA) is 105 Å². The van der Waals surface area contributed by atoms with Crippen LogP contribution in [0.25, 0.3) is 11.0 Å². The molecule has 29 heavy (non-hydrogen) atoms. The standard InChI is InChI=1S/C21H26N4O4/c1-29-19-16(23-14-5-2-3-6-15(14)24-19)7-8-18(27)25-12-9-17(26)21(13-25)10-4-11-22-20(21)28/h2-3,5-6,17,26H,4,7-13H2,1H3,(H,22,28)/t17-,21-/m1/s1. The number of nitrogens with zero attached hydrogens (tertiary/aromatic N) is 3. The summed E-state index contributed by atoms with van der Waals surface area (Å²) in [5, 5.41) is 13.3. The van der Waals surface area contributed by atoms with Crippen molar-refractivity contribution in [3.05, 3.63) is 30.0 Å². The Morgan fingerprint density at radius 2 is 2.10 bits per heavy atom. The molecule has 2 saturated heterocycles. The number of fused-ring (bicyclic) bond motifs is 1. The monoisotopic (exact) mass is 398 g/mol. The maximum absolute atomic E-state index is 12.9. The first-order valence-corrected chi connectivity index (χ1v) is 10.1. The van der Waals surface area contributed by atoms with Crippen LogP contribution in [0.5, 0.6) is 5.88 Å². The van der Waals surface area contributed by atoms with Crippen molar-refractivity contribution in [2.45, 2.75) is 38.2 Å². The van der Waals surface area contributed by atoms with E-state index in [1.54, 1.807) is 12.0 Å². The summed E-state index contributed by atoms with van der Waals surface area (Å²) in [6.07, 6.45) is 1.77. The van der Waals surface area contributed by atoms with Crippen molar-refractivity contribution in [1.82, 2.24) is 20.2 Å². The lowest BCUT2D eigenvalue weighted by Crippen LogP contribution is -2.62. The molecule has 2 aliphatic rings. The lowest BCUT2D eigenvalue weighted by Gasteiger charge is -2.46. The number of hydrogen-bond acceptors (Lipinski definition) is 6. The molecule has 2 amide bonds. The Balaban J connectivity index is 1.47. The van der Waals surface area contributed by atoms with Crippen LogP contribution in [0.2, 0.25) is 0 Å². The van der Waals surface area contributed by atoms with Gasteiger partial charge in [-0.05, 0) is 31.4 Å². The minimum Gasteiger partial charge on any atom is -0.480 e. The van der Waals surface area contributed by atoms with E-state index in [0.717, 1.165) is 17.5 Å². The van der Waals surface area contributed by atoms with Gasteiger partial charge in [-0.3, -0.25) is 9.59 Å². The number of piperidine rings is 2. The first kappa shape index (κ1) is 19.6. The Bertz CT molecular complexity index is 934. The van der Waals surface area contributed by atoms with Gasteiger partial charge in [0.15, 0.2) is 0 Å². The summed E-state index contributed by atoms with van der Waals surface area (Å²) in [6.45, 7) is 1.34. The molecule has 4 rings (SSSR count). The Morgan fingerprint density at radius 3 is 2.83 bits per heavy atom. The van der Waals surface area contributed by atoms with Gasteiger partial charge < -0.3 is 20.1 Å². The van der Waals surface area contributed by atoms with Crippen molar-refractivity contribution in [3.8, 4) is 5.88 Å². The second-order valence-electron chi connectivity index (χ2n) is 7.80. The molecule has 8 nitrogen and oxygen atoms in total. The van der Waals surface area contributed by atoms with Crippen molar-refractivity contribution in [2.24, 2.45) is 5.41 Å². The summed E-state index contributed by atoms with van der Waals surface area (Å²) >= 11 is 0. The second kappa shape index (κ2) is 7.94. The summed E-state index contributed by atoms with van der Waals surface area (Å²) in [6, 6.07) is 7.53. The van der Waals surface area contributed by atoms with Crippen LogP contribution >= 0.6 is 0 Å². The van der Waals surface area contributed by atoms with Gasteiger partial charge in [0.05, 0.1) is 29.7 Å². The number of carbonyl (C=O) groups is 2. The molecule has 0 bridgehead atoms. The molecule has 154 valence electrons. The fourth-order valence-electron chi connectivity index (χ4n) is 4.39. The zero-order valence-electron chi connectivity index (χ0n) is 16.6. The Labute approximate surface area is 169 Å². The Morgan fingerprint density at radius 1 is 1.34 bits per heavy atom. The zero-order valence-corrected chi connectivity index (χ0v) is 16.6. The third-order valence-corrected chi connectivity index (χ3v) is 6.05. The number of aryl methyl sites for hydroxylation is 1. The second-order valence-corrected chi connectivity index (χ2v) is 7.80. The molecule has 0 unspecified atom stereocenters. The molecule has 8 heteroatoms. The SMILES string of the molecule is COc1nc2ccccc2nc1CCC(=O)N1CC[C@@H](O)[C@@]2(CCCNC2=O)C1. The van der Waals surface area contributed by atoms with Gasteiger partial charge in [-0.2, -0.15) is 0 Å². The number of likely N-dealkylation sites (tertiary alicyclic amines) is 1. The highest BCUT2D eigenvalue weighted by molar-refractivity contribution is 5.86. The van der Waals surface area contributed by atoms with Crippen molar-refractivity contribution >= 4 is 22.8 Å². The normalized spacial score (nSPS) is 24.6. The third-order valence-electron chi connectivity index (χ3n) is 6.05. The van der Waals surface area contributed by atoms with Gasteiger partial charge in [0, 0.05) is 32.5 Å².